The maximum absolute atomic E-state index is 11.7. The van der Waals surface area contributed by atoms with Crippen LogP contribution in [0.15, 0.2) is 0 Å². The van der Waals surface area contributed by atoms with Crippen LogP contribution in [-0.4, -0.2) is 18.1 Å². The number of phosphoric acid groups is 1. The Bertz CT molecular complexity index is 283. The van der Waals surface area contributed by atoms with E-state index >= 15 is 0 Å². The van der Waals surface area contributed by atoms with Crippen LogP contribution in [0.1, 0.15) is 103 Å². The summed E-state index contributed by atoms with van der Waals surface area (Å²) < 4.78 is 21.7. The zero-order valence-corrected chi connectivity index (χ0v) is 15.7. The molecular formula is C18H37O4P. The lowest BCUT2D eigenvalue weighted by Gasteiger charge is -2.12. The third-order valence-corrected chi connectivity index (χ3v) is 5.57. The van der Waals surface area contributed by atoms with Gasteiger partial charge in [0.15, 0.2) is 0 Å². The first-order chi connectivity index (χ1) is 11.2. The van der Waals surface area contributed by atoms with E-state index in [2.05, 4.69) is 0 Å². The molecule has 1 rings (SSSR count). The van der Waals surface area contributed by atoms with E-state index in [9.17, 15) is 9.46 Å². The second-order valence-corrected chi connectivity index (χ2v) is 8.25. The minimum atomic E-state index is -3.82. The fraction of sp³-hybridized carbons (Fsp3) is 1.00. The Hall–Kier alpha value is 0.110. The van der Waals surface area contributed by atoms with Crippen molar-refractivity contribution < 1.29 is 18.5 Å². The maximum Gasteiger partial charge on any atom is 0.472 e. The fourth-order valence-electron chi connectivity index (χ4n) is 3.08. The van der Waals surface area contributed by atoms with E-state index in [-0.39, 0.29) is 0 Å². The van der Waals surface area contributed by atoms with Crippen molar-refractivity contribution >= 4 is 7.82 Å². The van der Waals surface area contributed by atoms with Gasteiger partial charge in [-0.25, -0.2) is 4.57 Å². The summed E-state index contributed by atoms with van der Waals surface area (Å²) in [5, 5.41) is 0. The van der Waals surface area contributed by atoms with Gasteiger partial charge in [-0.1, -0.05) is 89.9 Å². The number of hydrogen-bond donors (Lipinski definition) is 1. The lowest BCUT2D eigenvalue weighted by atomic mass is 10.0. The molecule has 0 aromatic carbocycles. The molecule has 1 N–H and O–H groups in total. The van der Waals surface area contributed by atoms with Crippen molar-refractivity contribution in [3.63, 3.8) is 0 Å². The monoisotopic (exact) mass is 348 g/mol. The molecule has 0 aromatic rings. The molecule has 4 nitrogen and oxygen atoms in total. The van der Waals surface area contributed by atoms with Crippen LogP contribution in [0.4, 0.5) is 0 Å². The predicted molar refractivity (Wildman–Crippen MR) is 95.6 cm³/mol. The van der Waals surface area contributed by atoms with Gasteiger partial charge in [-0.3, -0.25) is 9.05 Å². The first-order valence-corrected chi connectivity index (χ1v) is 11.3. The number of rotatable bonds is 0. The molecule has 0 amide bonds. The van der Waals surface area contributed by atoms with Gasteiger partial charge in [-0.2, -0.15) is 0 Å². The van der Waals surface area contributed by atoms with Gasteiger partial charge in [0.05, 0.1) is 13.2 Å². The van der Waals surface area contributed by atoms with E-state index in [4.69, 9.17) is 9.05 Å². The van der Waals surface area contributed by atoms with Crippen LogP contribution in [0, 0.1) is 0 Å². The van der Waals surface area contributed by atoms with Crippen molar-refractivity contribution in [3.8, 4) is 0 Å². The standard InChI is InChI=1S/C18H37O4P/c19-23(20)21-17-15-13-11-9-7-5-3-1-2-4-6-8-10-12-14-16-18-22-23/h1-18H2,(H,19,20). The van der Waals surface area contributed by atoms with Gasteiger partial charge in [0, 0.05) is 0 Å². The molecule has 1 fully saturated rings. The highest BCUT2D eigenvalue weighted by Crippen LogP contribution is 2.43. The SMILES string of the molecule is O=P1(O)OCCCCCCCCCCCCCCCCCCO1. The van der Waals surface area contributed by atoms with E-state index in [0.717, 1.165) is 25.7 Å². The summed E-state index contributed by atoms with van der Waals surface area (Å²) in [6.07, 6.45) is 19.7. The summed E-state index contributed by atoms with van der Waals surface area (Å²) in [6, 6.07) is 0. The van der Waals surface area contributed by atoms with E-state index in [1.165, 1.54) is 77.0 Å². The molecule has 0 aliphatic carbocycles. The molecule has 1 aliphatic heterocycles. The molecule has 138 valence electrons. The molecule has 1 heterocycles. The average Bonchev–Trinajstić information content (AvgIpc) is 2.52. The Balaban J connectivity index is 2.18. The van der Waals surface area contributed by atoms with Gasteiger partial charge in [-0.15, -0.1) is 0 Å². The van der Waals surface area contributed by atoms with Gasteiger partial charge in [0.25, 0.3) is 0 Å². The Morgan fingerprint density at radius 1 is 0.478 bits per heavy atom. The molecule has 0 saturated carbocycles. The third-order valence-electron chi connectivity index (χ3n) is 4.55. The zero-order valence-electron chi connectivity index (χ0n) is 14.8. The van der Waals surface area contributed by atoms with Crippen LogP contribution in [0.25, 0.3) is 0 Å². The molecular weight excluding hydrogens is 311 g/mol. The number of phosphoric ester groups is 1. The topological polar surface area (TPSA) is 55.8 Å². The number of hydrogen-bond acceptors (Lipinski definition) is 3. The Morgan fingerprint density at radius 2 is 0.696 bits per heavy atom. The lowest BCUT2D eigenvalue weighted by Crippen LogP contribution is -1.99. The van der Waals surface area contributed by atoms with E-state index in [0.29, 0.717) is 13.2 Å². The van der Waals surface area contributed by atoms with Gasteiger partial charge >= 0.3 is 7.82 Å². The summed E-state index contributed by atoms with van der Waals surface area (Å²) in [5.74, 6) is 0. The molecule has 0 unspecified atom stereocenters. The molecule has 5 heteroatoms. The summed E-state index contributed by atoms with van der Waals surface area (Å²) in [7, 11) is -3.82. The molecule has 0 radical (unpaired) electrons. The second-order valence-electron chi connectivity index (χ2n) is 6.79. The second kappa shape index (κ2) is 14.5. The van der Waals surface area contributed by atoms with Crippen LogP contribution >= 0.6 is 7.82 Å². The first-order valence-electron chi connectivity index (χ1n) is 9.83. The lowest BCUT2D eigenvalue weighted by molar-refractivity contribution is 0.145. The average molecular weight is 348 g/mol. The summed E-state index contributed by atoms with van der Waals surface area (Å²) in [5.41, 5.74) is 0. The molecule has 0 bridgehead atoms. The van der Waals surface area contributed by atoms with Crippen molar-refractivity contribution in [2.24, 2.45) is 0 Å². The van der Waals surface area contributed by atoms with Gasteiger partial charge in [-0.05, 0) is 12.8 Å². The summed E-state index contributed by atoms with van der Waals surface area (Å²) in [6.45, 7) is 0.654. The van der Waals surface area contributed by atoms with Crippen molar-refractivity contribution in [2.75, 3.05) is 13.2 Å². The molecule has 1 saturated heterocycles. The third kappa shape index (κ3) is 14.2. The van der Waals surface area contributed by atoms with Crippen LogP contribution in [0.2, 0.25) is 0 Å². The zero-order chi connectivity index (χ0) is 16.6. The first kappa shape index (κ1) is 21.2. The van der Waals surface area contributed by atoms with Crippen molar-refractivity contribution in [1.82, 2.24) is 0 Å². The molecule has 0 atom stereocenters. The van der Waals surface area contributed by atoms with Crippen molar-refractivity contribution in [2.45, 2.75) is 103 Å². The highest BCUT2D eigenvalue weighted by atomic mass is 31.2. The Kier molecular flexibility index (Phi) is 13.3. The van der Waals surface area contributed by atoms with Crippen LogP contribution < -0.4 is 0 Å². The largest absolute Gasteiger partial charge is 0.472 e. The summed E-state index contributed by atoms with van der Waals surface area (Å²) in [4.78, 5) is 9.58. The van der Waals surface area contributed by atoms with Crippen LogP contribution in [-0.2, 0) is 13.6 Å². The molecule has 0 aromatic heterocycles. The summed E-state index contributed by atoms with van der Waals surface area (Å²) >= 11 is 0. The molecule has 23 heavy (non-hydrogen) atoms. The highest BCUT2D eigenvalue weighted by Gasteiger charge is 2.19. The van der Waals surface area contributed by atoms with Crippen LogP contribution in [0.3, 0.4) is 0 Å². The van der Waals surface area contributed by atoms with Gasteiger partial charge < -0.3 is 4.89 Å². The highest BCUT2D eigenvalue weighted by molar-refractivity contribution is 7.47. The minimum Gasteiger partial charge on any atom is -0.302 e. The predicted octanol–water partition coefficient (Wildman–Crippen LogP) is 6.38. The van der Waals surface area contributed by atoms with Gasteiger partial charge in [0.1, 0.15) is 0 Å². The fourth-order valence-corrected chi connectivity index (χ4v) is 3.87. The smallest absolute Gasteiger partial charge is 0.302 e. The van der Waals surface area contributed by atoms with E-state index < -0.39 is 7.82 Å². The quantitative estimate of drug-likeness (QED) is 0.516. The maximum atomic E-state index is 11.7. The van der Waals surface area contributed by atoms with E-state index in [1.54, 1.807) is 0 Å². The van der Waals surface area contributed by atoms with Crippen molar-refractivity contribution in [1.29, 1.82) is 0 Å². The molecule has 0 spiro atoms. The van der Waals surface area contributed by atoms with E-state index in [1.807, 2.05) is 0 Å². The van der Waals surface area contributed by atoms with Gasteiger partial charge in [0.2, 0.25) is 0 Å². The van der Waals surface area contributed by atoms with Crippen LogP contribution in [0.5, 0.6) is 0 Å². The Morgan fingerprint density at radius 3 is 0.957 bits per heavy atom. The molecule has 1 aliphatic rings. The minimum absolute atomic E-state index is 0.327. The normalized spacial score (nSPS) is 25.3. The Labute approximate surface area is 143 Å². The van der Waals surface area contributed by atoms with Crippen molar-refractivity contribution in [3.05, 3.63) is 0 Å².